The molecule has 0 saturated heterocycles. The van der Waals surface area contributed by atoms with E-state index in [9.17, 15) is 9.59 Å². The van der Waals surface area contributed by atoms with Crippen LogP contribution in [-0.4, -0.2) is 35.8 Å². The van der Waals surface area contributed by atoms with Crippen LogP contribution in [0.4, 0.5) is 5.13 Å². The first-order valence-electron chi connectivity index (χ1n) is 8.51. The molecule has 1 aliphatic rings. The molecule has 0 saturated carbocycles. The zero-order valence-electron chi connectivity index (χ0n) is 15.0. The maximum atomic E-state index is 12.6. The number of thiazole rings is 1. The van der Waals surface area contributed by atoms with Crippen LogP contribution in [0, 0.1) is 12.8 Å². The standard InChI is InChI=1S/C18H23N3O2S2/c1-5-11-6-7-13-12(8-11)9-14(24-13)16(22)20-18-19-10(2)15(25-18)17(23)21(3)4/h9,11H,5-8H2,1-4H3,(H,19,20,22)/t11-/m0/s1. The van der Waals surface area contributed by atoms with Gasteiger partial charge in [-0.25, -0.2) is 4.98 Å². The summed E-state index contributed by atoms with van der Waals surface area (Å²) in [6.45, 7) is 4.02. The van der Waals surface area contributed by atoms with E-state index in [4.69, 9.17) is 0 Å². The van der Waals surface area contributed by atoms with E-state index in [-0.39, 0.29) is 11.8 Å². The van der Waals surface area contributed by atoms with E-state index in [1.54, 1.807) is 32.4 Å². The first kappa shape index (κ1) is 18.1. The fourth-order valence-corrected chi connectivity index (χ4v) is 5.16. The van der Waals surface area contributed by atoms with Crippen LogP contribution in [0.2, 0.25) is 0 Å². The monoisotopic (exact) mass is 377 g/mol. The van der Waals surface area contributed by atoms with Gasteiger partial charge in [0.2, 0.25) is 0 Å². The summed E-state index contributed by atoms with van der Waals surface area (Å²) < 4.78 is 0. The van der Waals surface area contributed by atoms with Gasteiger partial charge in [-0.05, 0) is 43.7 Å². The van der Waals surface area contributed by atoms with Crippen molar-refractivity contribution in [2.75, 3.05) is 19.4 Å². The number of carbonyl (C=O) groups excluding carboxylic acids is 2. The molecular formula is C18H23N3O2S2. The lowest BCUT2D eigenvalue weighted by atomic mass is 9.87. The van der Waals surface area contributed by atoms with Crippen molar-refractivity contribution in [1.29, 1.82) is 0 Å². The molecule has 0 aromatic carbocycles. The molecule has 7 heteroatoms. The third kappa shape index (κ3) is 3.77. The summed E-state index contributed by atoms with van der Waals surface area (Å²) in [4.78, 5) is 33.2. The highest BCUT2D eigenvalue weighted by atomic mass is 32.1. The van der Waals surface area contributed by atoms with Crippen molar-refractivity contribution in [1.82, 2.24) is 9.88 Å². The Bertz CT molecular complexity index is 807. The predicted octanol–water partition coefficient (Wildman–Crippen LogP) is 3.98. The highest BCUT2D eigenvalue weighted by Gasteiger charge is 2.23. The summed E-state index contributed by atoms with van der Waals surface area (Å²) in [7, 11) is 3.42. The fourth-order valence-electron chi connectivity index (χ4n) is 3.07. The van der Waals surface area contributed by atoms with Gasteiger partial charge in [-0.3, -0.25) is 14.9 Å². The second-order valence-electron chi connectivity index (χ2n) is 6.66. The molecule has 1 N–H and O–H groups in total. The number of aryl methyl sites for hydroxylation is 2. The Morgan fingerprint density at radius 3 is 2.80 bits per heavy atom. The van der Waals surface area contributed by atoms with Crippen molar-refractivity contribution in [3.8, 4) is 0 Å². The Kier molecular flexibility index (Phi) is 5.24. The lowest BCUT2D eigenvalue weighted by Gasteiger charge is -2.19. The molecular weight excluding hydrogens is 354 g/mol. The summed E-state index contributed by atoms with van der Waals surface area (Å²) in [5, 5.41) is 3.33. The largest absolute Gasteiger partial charge is 0.344 e. The summed E-state index contributed by atoms with van der Waals surface area (Å²) in [5.41, 5.74) is 1.97. The maximum absolute atomic E-state index is 12.6. The molecule has 2 aromatic heterocycles. The normalized spacial score (nSPS) is 16.4. The third-order valence-electron chi connectivity index (χ3n) is 4.60. The van der Waals surface area contributed by atoms with Crippen molar-refractivity contribution in [2.24, 2.45) is 5.92 Å². The van der Waals surface area contributed by atoms with Crippen molar-refractivity contribution < 1.29 is 9.59 Å². The Morgan fingerprint density at radius 1 is 1.36 bits per heavy atom. The fraction of sp³-hybridized carbons (Fsp3) is 0.500. The minimum Gasteiger partial charge on any atom is -0.344 e. The third-order valence-corrected chi connectivity index (χ3v) is 6.90. The average Bonchev–Trinajstić information content (AvgIpc) is 3.16. The van der Waals surface area contributed by atoms with Gasteiger partial charge in [0.1, 0.15) is 4.88 Å². The van der Waals surface area contributed by atoms with Crippen molar-refractivity contribution in [3.05, 3.63) is 32.0 Å². The number of thiophene rings is 1. The van der Waals surface area contributed by atoms with Crippen molar-refractivity contribution in [2.45, 2.75) is 39.5 Å². The molecule has 25 heavy (non-hydrogen) atoms. The lowest BCUT2D eigenvalue weighted by molar-refractivity contribution is 0.0831. The Hall–Kier alpha value is -1.73. The Balaban J connectivity index is 1.74. The maximum Gasteiger partial charge on any atom is 0.267 e. The number of aromatic nitrogens is 1. The molecule has 134 valence electrons. The molecule has 1 aliphatic carbocycles. The van der Waals surface area contributed by atoms with Crippen LogP contribution in [0.25, 0.3) is 0 Å². The van der Waals surface area contributed by atoms with Crippen LogP contribution in [0.15, 0.2) is 6.07 Å². The van der Waals surface area contributed by atoms with Gasteiger partial charge in [-0.15, -0.1) is 11.3 Å². The molecule has 3 rings (SSSR count). The number of anilines is 1. The summed E-state index contributed by atoms with van der Waals surface area (Å²) in [6.07, 6.45) is 4.56. The number of fused-ring (bicyclic) bond motifs is 1. The predicted molar refractivity (Wildman–Crippen MR) is 103 cm³/mol. The molecule has 0 aliphatic heterocycles. The minimum atomic E-state index is -0.134. The second-order valence-corrected chi connectivity index (χ2v) is 8.80. The van der Waals surface area contributed by atoms with Gasteiger partial charge in [-0.1, -0.05) is 24.7 Å². The minimum absolute atomic E-state index is 0.0901. The highest BCUT2D eigenvalue weighted by molar-refractivity contribution is 7.18. The SMILES string of the molecule is CC[C@H]1CCc2sc(C(=O)Nc3nc(C)c(C(=O)N(C)C)s3)cc2C1. The summed E-state index contributed by atoms with van der Waals surface area (Å²) in [6, 6.07) is 2.03. The highest BCUT2D eigenvalue weighted by Crippen LogP contribution is 2.34. The van der Waals surface area contributed by atoms with E-state index in [0.29, 0.717) is 15.7 Å². The number of hydrogen-bond acceptors (Lipinski definition) is 5. The van der Waals surface area contributed by atoms with E-state index < -0.39 is 0 Å². The zero-order chi connectivity index (χ0) is 18.1. The molecule has 0 spiro atoms. The van der Waals surface area contributed by atoms with E-state index in [2.05, 4.69) is 17.2 Å². The van der Waals surface area contributed by atoms with Gasteiger partial charge in [0.25, 0.3) is 11.8 Å². The van der Waals surface area contributed by atoms with Crippen LogP contribution in [0.5, 0.6) is 0 Å². The van der Waals surface area contributed by atoms with Crippen LogP contribution < -0.4 is 5.32 Å². The smallest absolute Gasteiger partial charge is 0.267 e. The average molecular weight is 378 g/mol. The van der Waals surface area contributed by atoms with Crippen LogP contribution in [0.3, 0.4) is 0 Å². The molecule has 2 aromatic rings. The number of nitrogens with zero attached hydrogens (tertiary/aromatic N) is 2. The Labute approximate surface area is 156 Å². The Morgan fingerprint density at radius 2 is 2.12 bits per heavy atom. The van der Waals surface area contributed by atoms with Gasteiger partial charge in [0.05, 0.1) is 10.6 Å². The molecule has 1 atom stereocenters. The molecule has 0 radical (unpaired) electrons. The number of rotatable bonds is 4. The van der Waals surface area contributed by atoms with E-state index in [1.165, 1.54) is 39.5 Å². The molecule has 2 heterocycles. The van der Waals surface area contributed by atoms with E-state index in [1.807, 2.05) is 6.07 Å². The molecule has 0 fully saturated rings. The lowest BCUT2D eigenvalue weighted by Crippen LogP contribution is -2.21. The first-order chi connectivity index (χ1) is 11.9. The van der Waals surface area contributed by atoms with Gasteiger partial charge >= 0.3 is 0 Å². The van der Waals surface area contributed by atoms with Gasteiger partial charge < -0.3 is 4.90 Å². The zero-order valence-corrected chi connectivity index (χ0v) is 16.6. The van der Waals surface area contributed by atoms with Crippen LogP contribution in [-0.2, 0) is 12.8 Å². The van der Waals surface area contributed by atoms with Gasteiger partial charge in [-0.2, -0.15) is 0 Å². The molecule has 2 amide bonds. The van der Waals surface area contributed by atoms with Crippen LogP contribution >= 0.6 is 22.7 Å². The number of hydrogen-bond donors (Lipinski definition) is 1. The second kappa shape index (κ2) is 7.25. The van der Waals surface area contributed by atoms with Crippen LogP contribution in [0.1, 0.15) is 55.2 Å². The topological polar surface area (TPSA) is 62.3 Å². The van der Waals surface area contributed by atoms with E-state index >= 15 is 0 Å². The quantitative estimate of drug-likeness (QED) is 0.876. The van der Waals surface area contributed by atoms with Crippen molar-refractivity contribution >= 4 is 39.6 Å². The molecule has 0 unspecified atom stereocenters. The van der Waals surface area contributed by atoms with Gasteiger partial charge in [0.15, 0.2) is 5.13 Å². The summed E-state index contributed by atoms with van der Waals surface area (Å²) in [5.74, 6) is 0.511. The number of carbonyl (C=O) groups is 2. The number of nitrogens with one attached hydrogen (secondary N) is 1. The number of amides is 2. The first-order valence-corrected chi connectivity index (χ1v) is 10.1. The van der Waals surface area contributed by atoms with Crippen molar-refractivity contribution in [3.63, 3.8) is 0 Å². The van der Waals surface area contributed by atoms with E-state index in [0.717, 1.165) is 23.6 Å². The summed E-state index contributed by atoms with van der Waals surface area (Å²) >= 11 is 2.82. The molecule has 5 nitrogen and oxygen atoms in total. The van der Waals surface area contributed by atoms with Gasteiger partial charge in [0, 0.05) is 19.0 Å². The molecule has 0 bridgehead atoms.